The molecule has 0 amide bonds. The van der Waals surface area contributed by atoms with Gasteiger partial charge in [-0.3, -0.25) is 0 Å². The van der Waals surface area contributed by atoms with Crippen LogP contribution in [0, 0.1) is 5.82 Å². The summed E-state index contributed by atoms with van der Waals surface area (Å²) >= 11 is 12.1. The zero-order chi connectivity index (χ0) is 18.8. The molecule has 2 N–H and O–H groups in total. The molecule has 4 aromatic rings. The van der Waals surface area contributed by atoms with Crippen LogP contribution in [0.5, 0.6) is 0 Å². The van der Waals surface area contributed by atoms with Crippen molar-refractivity contribution < 1.29 is 4.39 Å². The van der Waals surface area contributed by atoms with Crippen molar-refractivity contribution >= 4 is 40.2 Å². The summed E-state index contributed by atoms with van der Waals surface area (Å²) in [6.45, 7) is 0.408. The molecule has 3 aromatic heterocycles. The van der Waals surface area contributed by atoms with Crippen LogP contribution in [0.15, 0.2) is 49.1 Å². The number of anilines is 1. The lowest BCUT2D eigenvalue weighted by molar-refractivity contribution is 0.627. The van der Waals surface area contributed by atoms with Crippen LogP contribution in [-0.2, 0) is 13.0 Å². The molecule has 0 aliphatic carbocycles. The fourth-order valence-corrected chi connectivity index (χ4v) is 3.17. The molecule has 0 saturated carbocycles. The monoisotopic (exact) mass is 401 g/mol. The van der Waals surface area contributed by atoms with Crippen molar-refractivity contribution in [3.63, 3.8) is 0 Å². The van der Waals surface area contributed by atoms with E-state index in [0.717, 1.165) is 27.7 Å². The highest BCUT2D eigenvalue weighted by atomic mass is 35.5. The number of fused-ring (bicyclic) bond motifs is 1. The zero-order valence-electron chi connectivity index (χ0n) is 14.0. The van der Waals surface area contributed by atoms with E-state index in [9.17, 15) is 4.39 Å². The van der Waals surface area contributed by atoms with E-state index in [0.29, 0.717) is 29.0 Å². The highest BCUT2D eigenvalue weighted by Crippen LogP contribution is 2.22. The fraction of sp³-hybridized carbons (Fsp3) is 0.105. The number of pyridine rings is 1. The maximum Gasteiger partial charge on any atom is 0.222 e. The number of nitrogens with zero attached hydrogens (tertiary/aromatic N) is 3. The first-order valence-electron chi connectivity index (χ1n) is 8.19. The van der Waals surface area contributed by atoms with E-state index in [-0.39, 0.29) is 5.82 Å². The van der Waals surface area contributed by atoms with Crippen molar-refractivity contribution in [3.05, 3.63) is 81.6 Å². The lowest BCUT2D eigenvalue weighted by Crippen LogP contribution is -2.04. The van der Waals surface area contributed by atoms with Crippen molar-refractivity contribution in [2.24, 2.45) is 0 Å². The number of nitrogens with one attached hydrogen (secondary N) is 2. The third kappa shape index (κ3) is 4.02. The Morgan fingerprint density at radius 3 is 2.59 bits per heavy atom. The summed E-state index contributed by atoms with van der Waals surface area (Å²) in [6.07, 6.45) is 7.71. The summed E-state index contributed by atoms with van der Waals surface area (Å²) in [6, 6.07) is 6.17. The molecule has 3 heterocycles. The summed E-state index contributed by atoms with van der Waals surface area (Å²) < 4.78 is 13.1. The number of aromatic amines is 1. The van der Waals surface area contributed by atoms with Crippen molar-refractivity contribution in [2.45, 2.75) is 13.0 Å². The Kier molecular flexibility index (Phi) is 4.92. The Morgan fingerprint density at radius 2 is 1.81 bits per heavy atom. The van der Waals surface area contributed by atoms with Crippen LogP contribution in [0.2, 0.25) is 10.0 Å². The van der Waals surface area contributed by atoms with Gasteiger partial charge in [-0.2, -0.15) is 0 Å². The standard InChI is InChI=1S/C19H14Cl2FN5/c20-14-4-16-13(9-23-18(16)24-10-14)3-11-6-25-19(26-7-11)27-8-12-1-2-15(22)5-17(12)21/h1-2,4-7,9-10H,3,8H2,(H,23,24)(H,25,26,27). The highest BCUT2D eigenvalue weighted by molar-refractivity contribution is 6.31. The number of halogens is 3. The van der Waals surface area contributed by atoms with Gasteiger partial charge in [0.05, 0.1) is 5.02 Å². The first-order valence-corrected chi connectivity index (χ1v) is 8.94. The molecule has 8 heteroatoms. The molecule has 0 radical (unpaired) electrons. The van der Waals surface area contributed by atoms with Gasteiger partial charge in [0.2, 0.25) is 5.95 Å². The van der Waals surface area contributed by atoms with E-state index in [4.69, 9.17) is 23.2 Å². The highest BCUT2D eigenvalue weighted by Gasteiger charge is 2.08. The predicted molar refractivity (Wildman–Crippen MR) is 105 cm³/mol. The molecule has 136 valence electrons. The Balaban J connectivity index is 1.44. The lowest BCUT2D eigenvalue weighted by atomic mass is 10.1. The molecule has 0 aliphatic heterocycles. The first kappa shape index (κ1) is 17.7. The van der Waals surface area contributed by atoms with Crippen LogP contribution < -0.4 is 5.32 Å². The van der Waals surface area contributed by atoms with Gasteiger partial charge < -0.3 is 10.3 Å². The second-order valence-electron chi connectivity index (χ2n) is 6.04. The zero-order valence-corrected chi connectivity index (χ0v) is 15.5. The summed E-state index contributed by atoms with van der Waals surface area (Å²) in [5.74, 6) is 0.112. The lowest BCUT2D eigenvalue weighted by Gasteiger charge is -2.07. The van der Waals surface area contributed by atoms with Gasteiger partial charge in [-0.25, -0.2) is 19.3 Å². The second kappa shape index (κ2) is 7.50. The van der Waals surface area contributed by atoms with E-state index >= 15 is 0 Å². The Hall–Kier alpha value is -2.70. The summed E-state index contributed by atoms with van der Waals surface area (Å²) in [5, 5.41) is 5.03. The molecular formula is C19H14Cl2FN5. The van der Waals surface area contributed by atoms with Crippen LogP contribution in [0.4, 0.5) is 10.3 Å². The molecule has 27 heavy (non-hydrogen) atoms. The van der Waals surface area contributed by atoms with E-state index < -0.39 is 0 Å². The largest absolute Gasteiger partial charge is 0.350 e. The predicted octanol–water partition coefficient (Wildman–Crippen LogP) is 5.00. The molecule has 0 aliphatic rings. The summed E-state index contributed by atoms with van der Waals surface area (Å²) in [5.41, 5.74) is 3.60. The van der Waals surface area contributed by atoms with Gasteiger partial charge in [-0.05, 0) is 34.9 Å². The fourth-order valence-electron chi connectivity index (χ4n) is 2.78. The SMILES string of the molecule is Fc1ccc(CNc2ncc(Cc3c[nH]c4ncc(Cl)cc34)cn2)c(Cl)c1. The molecule has 0 spiro atoms. The minimum absolute atomic E-state index is 0.363. The number of hydrogen-bond acceptors (Lipinski definition) is 4. The summed E-state index contributed by atoms with van der Waals surface area (Å²) in [4.78, 5) is 16.0. The maximum atomic E-state index is 13.1. The first-order chi connectivity index (χ1) is 13.1. The van der Waals surface area contributed by atoms with Gasteiger partial charge >= 0.3 is 0 Å². The molecule has 0 atom stereocenters. The van der Waals surface area contributed by atoms with Crippen molar-refractivity contribution in [1.29, 1.82) is 0 Å². The number of benzene rings is 1. The average Bonchev–Trinajstić information content (AvgIpc) is 3.04. The van der Waals surface area contributed by atoms with Crippen molar-refractivity contribution in [2.75, 3.05) is 5.32 Å². The molecule has 0 unspecified atom stereocenters. The Labute approximate surface area is 164 Å². The van der Waals surface area contributed by atoms with E-state index in [2.05, 4.69) is 25.3 Å². The Bertz CT molecular complexity index is 1100. The third-order valence-corrected chi connectivity index (χ3v) is 4.69. The van der Waals surface area contributed by atoms with Crippen LogP contribution in [0.3, 0.4) is 0 Å². The number of aromatic nitrogens is 4. The quantitative estimate of drug-likeness (QED) is 0.493. The minimum atomic E-state index is -0.363. The van der Waals surface area contributed by atoms with Gasteiger partial charge in [-0.1, -0.05) is 29.3 Å². The minimum Gasteiger partial charge on any atom is -0.350 e. The van der Waals surface area contributed by atoms with Gasteiger partial charge in [0.1, 0.15) is 11.5 Å². The smallest absolute Gasteiger partial charge is 0.222 e. The van der Waals surface area contributed by atoms with Crippen LogP contribution in [-0.4, -0.2) is 19.9 Å². The van der Waals surface area contributed by atoms with Gasteiger partial charge in [0.15, 0.2) is 0 Å². The number of rotatable bonds is 5. The van der Waals surface area contributed by atoms with E-state index in [1.165, 1.54) is 12.1 Å². The van der Waals surface area contributed by atoms with Crippen molar-refractivity contribution in [3.8, 4) is 0 Å². The van der Waals surface area contributed by atoms with Crippen molar-refractivity contribution in [1.82, 2.24) is 19.9 Å². The maximum absolute atomic E-state index is 13.1. The number of hydrogen-bond donors (Lipinski definition) is 2. The van der Waals surface area contributed by atoms with E-state index in [1.807, 2.05) is 12.3 Å². The Morgan fingerprint density at radius 1 is 1.00 bits per heavy atom. The summed E-state index contributed by atoms with van der Waals surface area (Å²) in [7, 11) is 0. The molecule has 0 saturated heterocycles. The topological polar surface area (TPSA) is 66.5 Å². The normalized spacial score (nSPS) is 11.1. The second-order valence-corrected chi connectivity index (χ2v) is 6.89. The third-order valence-electron chi connectivity index (χ3n) is 4.14. The van der Waals surface area contributed by atoms with Crippen LogP contribution in [0.1, 0.15) is 16.7 Å². The van der Waals surface area contributed by atoms with Crippen LogP contribution >= 0.6 is 23.2 Å². The van der Waals surface area contributed by atoms with E-state index in [1.54, 1.807) is 24.7 Å². The van der Waals surface area contributed by atoms with Gasteiger partial charge in [0, 0.05) is 48.2 Å². The molecule has 5 nitrogen and oxygen atoms in total. The van der Waals surface area contributed by atoms with Crippen LogP contribution in [0.25, 0.3) is 11.0 Å². The molecule has 4 rings (SSSR count). The average molecular weight is 402 g/mol. The molecular weight excluding hydrogens is 388 g/mol. The van der Waals surface area contributed by atoms with Gasteiger partial charge in [0.25, 0.3) is 0 Å². The van der Waals surface area contributed by atoms with Gasteiger partial charge in [-0.15, -0.1) is 0 Å². The molecule has 1 aromatic carbocycles. The molecule has 0 bridgehead atoms. The number of H-pyrrole nitrogens is 1. The molecule has 0 fully saturated rings.